The van der Waals surface area contributed by atoms with Crippen LogP contribution in [0.1, 0.15) is 10.4 Å². The molecule has 0 aliphatic carbocycles. The van der Waals surface area contributed by atoms with Gasteiger partial charge < -0.3 is 15.6 Å². The second-order valence-electron chi connectivity index (χ2n) is 7.22. The van der Waals surface area contributed by atoms with Crippen molar-refractivity contribution >= 4 is 44.8 Å². The fourth-order valence-electron chi connectivity index (χ4n) is 3.64. The first-order chi connectivity index (χ1) is 15.6. The number of benzene rings is 3. The number of rotatable bonds is 4. The Hall–Kier alpha value is -4.52. The highest BCUT2D eigenvalue weighted by atomic mass is 19.1. The largest absolute Gasteiger partial charge is 0.355 e. The molecule has 2 heterocycles. The lowest BCUT2D eigenvalue weighted by molar-refractivity contribution is 0.102. The van der Waals surface area contributed by atoms with Crippen molar-refractivity contribution in [2.75, 3.05) is 10.6 Å². The topological polar surface area (TPSA) is 86.9 Å². The number of fused-ring (bicyclic) bond motifs is 3. The van der Waals surface area contributed by atoms with E-state index in [0.717, 1.165) is 10.8 Å². The van der Waals surface area contributed by atoms with Crippen molar-refractivity contribution in [3.63, 3.8) is 0 Å². The first kappa shape index (κ1) is 19.4. The zero-order chi connectivity index (χ0) is 22.1. The van der Waals surface area contributed by atoms with E-state index in [0.29, 0.717) is 28.0 Å². The molecular formula is C25H17FN4O2. The minimum absolute atomic E-state index is 0.0822. The van der Waals surface area contributed by atoms with Crippen LogP contribution < -0.4 is 16.2 Å². The molecule has 3 aromatic carbocycles. The summed E-state index contributed by atoms with van der Waals surface area (Å²) < 4.78 is 14.7. The minimum Gasteiger partial charge on any atom is -0.355 e. The van der Waals surface area contributed by atoms with Crippen molar-refractivity contribution < 1.29 is 9.18 Å². The van der Waals surface area contributed by atoms with Gasteiger partial charge in [-0.2, -0.15) is 0 Å². The molecule has 0 unspecified atom stereocenters. The number of carbonyl (C=O) groups excluding carboxylic acids is 1. The summed E-state index contributed by atoms with van der Waals surface area (Å²) in [5.41, 5.74) is 1.90. The van der Waals surface area contributed by atoms with E-state index in [4.69, 9.17) is 0 Å². The molecule has 156 valence electrons. The number of halogens is 1. The minimum atomic E-state index is -0.573. The van der Waals surface area contributed by atoms with Gasteiger partial charge >= 0.3 is 0 Å². The molecule has 0 saturated carbocycles. The van der Waals surface area contributed by atoms with Crippen LogP contribution in [0.25, 0.3) is 21.8 Å². The second kappa shape index (κ2) is 7.96. The summed E-state index contributed by atoms with van der Waals surface area (Å²) >= 11 is 0. The Balaban J connectivity index is 1.48. The Morgan fingerprint density at radius 2 is 1.62 bits per heavy atom. The van der Waals surface area contributed by atoms with Gasteiger partial charge in [-0.3, -0.25) is 9.59 Å². The van der Waals surface area contributed by atoms with Gasteiger partial charge in [-0.05, 0) is 42.5 Å². The van der Waals surface area contributed by atoms with Gasteiger partial charge in [-0.1, -0.05) is 36.4 Å². The lowest BCUT2D eigenvalue weighted by Gasteiger charge is -2.13. The first-order valence-corrected chi connectivity index (χ1v) is 9.93. The Morgan fingerprint density at radius 1 is 0.875 bits per heavy atom. The summed E-state index contributed by atoms with van der Waals surface area (Å²) in [5.74, 6) is -0.961. The standard InChI is InChI=1S/C25H17FN4O2/c26-19-14-16(10-11-20(19)29-24(31)15-6-2-1-3-7-15)28-21-12-13-27-23-22(21)17-8-4-5-9-18(17)25(32)30-23/h1-14H,(H,29,31)(H2,27,28,30,32). The fraction of sp³-hybridized carbons (Fsp3) is 0. The smallest absolute Gasteiger partial charge is 0.257 e. The van der Waals surface area contributed by atoms with Crippen LogP contribution in [-0.4, -0.2) is 15.9 Å². The van der Waals surface area contributed by atoms with E-state index < -0.39 is 5.82 Å². The summed E-state index contributed by atoms with van der Waals surface area (Å²) in [5, 5.41) is 7.80. The zero-order valence-electron chi connectivity index (χ0n) is 16.7. The van der Waals surface area contributed by atoms with E-state index in [1.54, 1.807) is 60.8 Å². The number of carbonyl (C=O) groups is 1. The van der Waals surface area contributed by atoms with Crippen molar-refractivity contribution in [3.8, 4) is 0 Å². The molecule has 5 rings (SSSR count). The number of nitrogens with zero attached hydrogens (tertiary/aromatic N) is 1. The molecule has 3 N–H and O–H groups in total. The summed E-state index contributed by atoms with van der Waals surface area (Å²) in [4.78, 5) is 31.7. The van der Waals surface area contributed by atoms with Gasteiger partial charge in [-0.15, -0.1) is 0 Å². The third-order valence-electron chi connectivity index (χ3n) is 5.16. The number of hydrogen-bond donors (Lipinski definition) is 3. The molecule has 6 nitrogen and oxygen atoms in total. The number of aromatic nitrogens is 2. The van der Waals surface area contributed by atoms with E-state index in [1.807, 2.05) is 12.1 Å². The third-order valence-corrected chi connectivity index (χ3v) is 5.16. The lowest BCUT2D eigenvalue weighted by Crippen LogP contribution is -2.12. The number of nitrogens with one attached hydrogen (secondary N) is 3. The number of anilines is 3. The Morgan fingerprint density at radius 3 is 2.41 bits per heavy atom. The van der Waals surface area contributed by atoms with Crippen LogP contribution in [0.4, 0.5) is 21.5 Å². The van der Waals surface area contributed by atoms with E-state index in [-0.39, 0.29) is 17.2 Å². The predicted octanol–water partition coefficient (Wildman–Crippen LogP) is 5.21. The van der Waals surface area contributed by atoms with Crippen LogP contribution in [0.2, 0.25) is 0 Å². The van der Waals surface area contributed by atoms with Crippen LogP contribution >= 0.6 is 0 Å². The van der Waals surface area contributed by atoms with Crippen molar-refractivity contribution in [2.24, 2.45) is 0 Å². The molecule has 32 heavy (non-hydrogen) atoms. The van der Waals surface area contributed by atoms with Crippen LogP contribution in [0, 0.1) is 5.82 Å². The molecule has 2 aromatic heterocycles. The first-order valence-electron chi connectivity index (χ1n) is 9.93. The Labute approximate surface area is 181 Å². The van der Waals surface area contributed by atoms with Gasteiger partial charge in [0.2, 0.25) is 0 Å². The van der Waals surface area contributed by atoms with Gasteiger partial charge in [-0.25, -0.2) is 9.37 Å². The Kier molecular flexibility index (Phi) is 4.84. The second-order valence-corrected chi connectivity index (χ2v) is 7.22. The predicted molar refractivity (Wildman–Crippen MR) is 124 cm³/mol. The Bertz CT molecular complexity index is 1530. The summed E-state index contributed by atoms with van der Waals surface area (Å²) in [6, 6.07) is 22.1. The van der Waals surface area contributed by atoms with Crippen LogP contribution in [-0.2, 0) is 0 Å². The molecule has 0 fully saturated rings. The molecule has 0 saturated heterocycles. The molecule has 0 atom stereocenters. The SMILES string of the molecule is O=C(Nc1ccc(Nc2ccnc3[nH]c(=O)c4ccccc4c23)cc1F)c1ccccc1. The molecule has 1 amide bonds. The lowest BCUT2D eigenvalue weighted by atomic mass is 10.1. The third kappa shape index (κ3) is 3.56. The number of pyridine rings is 2. The van der Waals surface area contributed by atoms with Gasteiger partial charge in [0.25, 0.3) is 11.5 Å². The van der Waals surface area contributed by atoms with Crippen molar-refractivity contribution in [1.82, 2.24) is 9.97 Å². The van der Waals surface area contributed by atoms with E-state index >= 15 is 0 Å². The molecule has 0 radical (unpaired) electrons. The molecule has 0 bridgehead atoms. The summed E-state index contributed by atoms with van der Waals surface area (Å²) in [6.07, 6.45) is 1.57. The van der Waals surface area contributed by atoms with E-state index in [1.165, 1.54) is 12.1 Å². The average molecular weight is 424 g/mol. The van der Waals surface area contributed by atoms with Gasteiger partial charge in [0.05, 0.1) is 11.4 Å². The molecule has 0 aliphatic heterocycles. The van der Waals surface area contributed by atoms with Gasteiger partial charge in [0.15, 0.2) is 0 Å². The summed E-state index contributed by atoms with van der Waals surface area (Å²) in [6.45, 7) is 0. The normalized spacial score (nSPS) is 10.9. The number of hydrogen-bond acceptors (Lipinski definition) is 4. The zero-order valence-corrected chi connectivity index (χ0v) is 16.7. The highest BCUT2D eigenvalue weighted by Crippen LogP contribution is 2.30. The van der Waals surface area contributed by atoms with Crippen molar-refractivity contribution in [2.45, 2.75) is 0 Å². The van der Waals surface area contributed by atoms with Crippen molar-refractivity contribution in [1.29, 1.82) is 0 Å². The number of amides is 1. The maximum absolute atomic E-state index is 14.7. The van der Waals surface area contributed by atoms with Crippen LogP contribution in [0.5, 0.6) is 0 Å². The maximum Gasteiger partial charge on any atom is 0.257 e. The fourth-order valence-corrected chi connectivity index (χ4v) is 3.64. The van der Waals surface area contributed by atoms with Crippen molar-refractivity contribution in [3.05, 3.63) is 107 Å². The highest BCUT2D eigenvalue weighted by Gasteiger charge is 2.12. The molecule has 5 aromatic rings. The highest BCUT2D eigenvalue weighted by molar-refractivity contribution is 6.11. The van der Waals surface area contributed by atoms with Crippen LogP contribution in [0.15, 0.2) is 89.9 Å². The van der Waals surface area contributed by atoms with Gasteiger partial charge in [0, 0.05) is 33.6 Å². The van der Waals surface area contributed by atoms with Gasteiger partial charge in [0.1, 0.15) is 11.5 Å². The molecule has 0 aliphatic rings. The molecule has 0 spiro atoms. The van der Waals surface area contributed by atoms with E-state index in [9.17, 15) is 14.0 Å². The monoisotopic (exact) mass is 424 g/mol. The number of aromatic amines is 1. The molecule has 7 heteroatoms. The molecular weight excluding hydrogens is 407 g/mol. The quantitative estimate of drug-likeness (QED) is 0.346. The van der Waals surface area contributed by atoms with Crippen LogP contribution in [0.3, 0.4) is 0 Å². The summed E-state index contributed by atoms with van der Waals surface area (Å²) in [7, 11) is 0. The maximum atomic E-state index is 14.7. The number of H-pyrrole nitrogens is 1. The van der Waals surface area contributed by atoms with E-state index in [2.05, 4.69) is 20.6 Å². The average Bonchev–Trinajstić information content (AvgIpc) is 2.81.